The Morgan fingerprint density at radius 2 is 2.00 bits per heavy atom. The molecule has 0 N–H and O–H groups in total. The number of halogens is 4. The zero-order valence-electron chi connectivity index (χ0n) is 8.33. The summed E-state index contributed by atoms with van der Waals surface area (Å²) in [6, 6.07) is 4.54. The number of rotatable bonds is 2. The van der Waals surface area contributed by atoms with Gasteiger partial charge in [0.25, 0.3) is 0 Å². The fraction of sp³-hybridized carbons (Fsp3) is 0.200. The van der Waals surface area contributed by atoms with Crippen LogP contribution >= 0.6 is 11.6 Å². The lowest BCUT2D eigenvalue weighted by molar-refractivity contribution is -0.153. The number of hydrogen-bond donors (Lipinski definition) is 0. The summed E-state index contributed by atoms with van der Waals surface area (Å²) in [7, 11) is 0. The van der Waals surface area contributed by atoms with Crippen LogP contribution in [0.3, 0.4) is 0 Å². The Balaban J connectivity index is 2.38. The molecule has 0 aliphatic carbocycles. The molecule has 0 aliphatic rings. The van der Waals surface area contributed by atoms with Crippen LogP contribution < -0.4 is 4.74 Å². The lowest BCUT2D eigenvalue weighted by atomic mass is 10.2. The van der Waals surface area contributed by atoms with E-state index in [4.69, 9.17) is 11.6 Å². The van der Waals surface area contributed by atoms with Gasteiger partial charge in [0.05, 0.1) is 0 Å². The van der Waals surface area contributed by atoms with E-state index in [9.17, 15) is 13.2 Å². The van der Waals surface area contributed by atoms with E-state index in [-0.39, 0.29) is 16.4 Å². The molecule has 1 heterocycles. The lowest BCUT2D eigenvalue weighted by Gasteiger charge is -2.10. The number of fused-ring (bicyclic) bond motifs is 1. The third kappa shape index (κ3) is 2.76. The first-order chi connectivity index (χ1) is 7.97. The van der Waals surface area contributed by atoms with Gasteiger partial charge in [-0.3, -0.25) is 0 Å². The number of benzene rings is 1. The number of nitrogens with zero attached hydrogens (tertiary/aromatic N) is 2. The van der Waals surface area contributed by atoms with Crippen molar-refractivity contribution in [2.45, 2.75) is 6.18 Å². The molecule has 0 aliphatic heterocycles. The molecule has 0 unspecified atom stereocenters. The van der Waals surface area contributed by atoms with Gasteiger partial charge in [0, 0.05) is 5.39 Å². The first kappa shape index (κ1) is 11.9. The zero-order chi connectivity index (χ0) is 12.5. The minimum Gasteiger partial charge on any atom is -0.482 e. The SMILES string of the molecule is FC(F)(F)COc1cccc2c(Cl)ncnc12. The van der Waals surface area contributed by atoms with Gasteiger partial charge in [-0.2, -0.15) is 13.2 Å². The van der Waals surface area contributed by atoms with Gasteiger partial charge in [-0.1, -0.05) is 17.7 Å². The molecule has 7 heteroatoms. The number of alkyl halides is 3. The minimum absolute atomic E-state index is 0.0316. The van der Waals surface area contributed by atoms with Gasteiger partial charge < -0.3 is 4.74 Å². The Morgan fingerprint density at radius 3 is 2.71 bits per heavy atom. The van der Waals surface area contributed by atoms with Gasteiger partial charge in [0.1, 0.15) is 22.7 Å². The van der Waals surface area contributed by atoms with E-state index in [1.54, 1.807) is 6.07 Å². The molecule has 2 aromatic rings. The topological polar surface area (TPSA) is 35.0 Å². The Bertz CT molecular complexity index is 545. The first-order valence-corrected chi connectivity index (χ1v) is 4.94. The lowest BCUT2D eigenvalue weighted by Crippen LogP contribution is -2.19. The molecule has 3 nitrogen and oxygen atoms in total. The maximum absolute atomic E-state index is 12.0. The summed E-state index contributed by atoms with van der Waals surface area (Å²) < 4.78 is 40.8. The Hall–Kier alpha value is -1.56. The Morgan fingerprint density at radius 1 is 1.24 bits per heavy atom. The monoisotopic (exact) mass is 262 g/mol. The fourth-order valence-corrected chi connectivity index (χ4v) is 1.50. The van der Waals surface area contributed by atoms with E-state index < -0.39 is 12.8 Å². The molecule has 1 aromatic carbocycles. The third-order valence-electron chi connectivity index (χ3n) is 1.97. The van der Waals surface area contributed by atoms with E-state index >= 15 is 0 Å². The van der Waals surface area contributed by atoms with E-state index in [1.165, 1.54) is 18.5 Å². The Kier molecular flexibility index (Phi) is 3.06. The highest BCUT2D eigenvalue weighted by Gasteiger charge is 2.28. The molecule has 90 valence electrons. The number of hydrogen-bond acceptors (Lipinski definition) is 3. The average Bonchev–Trinajstić information content (AvgIpc) is 2.26. The second-order valence-electron chi connectivity index (χ2n) is 3.22. The van der Waals surface area contributed by atoms with Crippen LogP contribution in [0.2, 0.25) is 5.15 Å². The van der Waals surface area contributed by atoms with Gasteiger partial charge in [0.2, 0.25) is 0 Å². The first-order valence-electron chi connectivity index (χ1n) is 4.56. The molecule has 0 atom stereocenters. The summed E-state index contributed by atoms with van der Waals surface area (Å²) in [5.74, 6) is 0.0316. The molecule has 0 amide bonds. The van der Waals surface area contributed by atoms with Crippen LogP contribution in [0.5, 0.6) is 5.75 Å². The van der Waals surface area contributed by atoms with Gasteiger partial charge in [0.15, 0.2) is 6.61 Å². The fourth-order valence-electron chi connectivity index (χ4n) is 1.30. The number of para-hydroxylation sites is 1. The molecular formula is C10H6ClF3N2O. The molecule has 0 spiro atoms. The molecule has 0 fully saturated rings. The van der Waals surface area contributed by atoms with Crippen molar-refractivity contribution >= 4 is 22.5 Å². The van der Waals surface area contributed by atoms with Crippen molar-refractivity contribution in [1.82, 2.24) is 9.97 Å². The number of ether oxygens (including phenoxy) is 1. The standard InChI is InChI=1S/C10H6ClF3N2O/c11-9-6-2-1-3-7(8(6)15-5-16-9)17-4-10(12,13)14/h1-3,5H,4H2. The van der Waals surface area contributed by atoms with E-state index in [0.717, 1.165) is 0 Å². The molecule has 0 radical (unpaired) electrons. The summed E-state index contributed by atoms with van der Waals surface area (Å²) in [5, 5.41) is 0.626. The van der Waals surface area contributed by atoms with Crippen LogP contribution in [0.15, 0.2) is 24.5 Å². The van der Waals surface area contributed by atoms with Crippen LogP contribution in [0.4, 0.5) is 13.2 Å². The zero-order valence-corrected chi connectivity index (χ0v) is 9.09. The second-order valence-corrected chi connectivity index (χ2v) is 3.58. The smallest absolute Gasteiger partial charge is 0.422 e. The summed E-state index contributed by atoms with van der Waals surface area (Å²) in [5.41, 5.74) is 0.261. The Labute approximate surface area is 99.2 Å². The highest BCUT2D eigenvalue weighted by Crippen LogP contribution is 2.28. The van der Waals surface area contributed by atoms with Crippen molar-refractivity contribution in [3.63, 3.8) is 0 Å². The molecule has 0 saturated heterocycles. The van der Waals surface area contributed by atoms with Gasteiger partial charge in [-0.05, 0) is 12.1 Å². The predicted molar refractivity (Wildman–Crippen MR) is 56.1 cm³/mol. The maximum atomic E-state index is 12.0. The largest absolute Gasteiger partial charge is 0.482 e. The molecular weight excluding hydrogens is 257 g/mol. The van der Waals surface area contributed by atoms with Crippen molar-refractivity contribution in [1.29, 1.82) is 0 Å². The average molecular weight is 263 g/mol. The second kappa shape index (κ2) is 4.37. The highest BCUT2D eigenvalue weighted by molar-refractivity contribution is 6.34. The quantitative estimate of drug-likeness (QED) is 0.780. The molecule has 0 saturated carbocycles. The highest BCUT2D eigenvalue weighted by atomic mass is 35.5. The summed E-state index contributed by atoms with van der Waals surface area (Å²) in [6.07, 6.45) is -3.22. The van der Waals surface area contributed by atoms with Gasteiger partial charge in [-0.15, -0.1) is 0 Å². The van der Waals surface area contributed by atoms with Crippen LogP contribution in [0, 0.1) is 0 Å². The number of aromatic nitrogens is 2. The van der Waals surface area contributed by atoms with Crippen molar-refractivity contribution < 1.29 is 17.9 Å². The summed E-state index contributed by atoms with van der Waals surface area (Å²) in [4.78, 5) is 7.59. The van der Waals surface area contributed by atoms with Crippen LogP contribution in [0.1, 0.15) is 0 Å². The van der Waals surface area contributed by atoms with Gasteiger partial charge in [-0.25, -0.2) is 9.97 Å². The van der Waals surface area contributed by atoms with Crippen molar-refractivity contribution in [2.24, 2.45) is 0 Å². The molecule has 0 bridgehead atoms. The molecule has 17 heavy (non-hydrogen) atoms. The van der Waals surface area contributed by atoms with E-state index in [0.29, 0.717) is 5.39 Å². The van der Waals surface area contributed by atoms with Crippen LogP contribution in [-0.4, -0.2) is 22.8 Å². The summed E-state index contributed by atoms with van der Waals surface area (Å²) in [6.45, 7) is -1.37. The van der Waals surface area contributed by atoms with Gasteiger partial charge >= 0.3 is 6.18 Å². The van der Waals surface area contributed by atoms with E-state index in [1.807, 2.05) is 0 Å². The van der Waals surface area contributed by atoms with E-state index in [2.05, 4.69) is 14.7 Å². The minimum atomic E-state index is -4.39. The van der Waals surface area contributed by atoms with Crippen molar-refractivity contribution in [2.75, 3.05) is 6.61 Å². The molecule has 2 rings (SSSR count). The van der Waals surface area contributed by atoms with Crippen molar-refractivity contribution in [3.05, 3.63) is 29.7 Å². The third-order valence-corrected chi connectivity index (χ3v) is 2.27. The molecule has 1 aromatic heterocycles. The van der Waals surface area contributed by atoms with Crippen LogP contribution in [-0.2, 0) is 0 Å². The van der Waals surface area contributed by atoms with Crippen LogP contribution in [0.25, 0.3) is 10.9 Å². The summed E-state index contributed by atoms with van der Waals surface area (Å²) >= 11 is 5.79. The predicted octanol–water partition coefficient (Wildman–Crippen LogP) is 3.22. The normalized spacial score (nSPS) is 11.8. The van der Waals surface area contributed by atoms with Crippen molar-refractivity contribution in [3.8, 4) is 5.75 Å². The maximum Gasteiger partial charge on any atom is 0.422 e.